The molecule has 0 heterocycles. The van der Waals surface area contributed by atoms with Crippen molar-refractivity contribution in [2.24, 2.45) is 0 Å². The summed E-state index contributed by atoms with van der Waals surface area (Å²) in [6.07, 6.45) is 1.12. The number of nitrogens with zero attached hydrogens (tertiary/aromatic N) is 2. The molecule has 0 aliphatic carbocycles. The number of ether oxygens (including phenoxy) is 3. The molecular formula is C18H12Cl2N2O9. The van der Waals surface area contributed by atoms with Crippen molar-refractivity contribution in [2.75, 3.05) is 14.2 Å². The van der Waals surface area contributed by atoms with Gasteiger partial charge in [-0.1, -0.05) is 23.2 Å². The van der Waals surface area contributed by atoms with Crippen molar-refractivity contribution in [1.29, 1.82) is 0 Å². The van der Waals surface area contributed by atoms with Gasteiger partial charge in [-0.3, -0.25) is 20.2 Å². The molecule has 0 spiro atoms. The van der Waals surface area contributed by atoms with E-state index in [9.17, 15) is 29.8 Å². The third kappa shape index (κ3) is 5.47. The van der Waals surface area contributed by atoms with Gasteiger partial charge in [0.05, 0.1) is 40.2 Å². The quantitative estimate of drug-likeness (QED) is 0.144. The second kappa shape index (κ2) is 9.87. The number of rotatable bonds is 7. The Hall–Kier alpha value is -3.70. The molecule has 2 rings (SSSR count). The fourth-order valence-corrected chi connectivity index (χ4v) is 2.89. The Labute approximate surface area is 184 Å². The minimum atomic E-state index is -0.957. The number of non-ortho nitro benzene ring substituents is 1. The second-order valence-electron chi connectivity index (χ2n) is 5.62. The first-order valence-electron chi connectivity index (χ1n) is 8.07. The molecule has 0 amide bonds. The first-order chi connectivity index (χ1) is 14.6. The normalized spacial score (nSPS) is 10.1. The van der Waals surface area contributed by atoms with Crippen molar-refractivity contribution in [3.63, 3.8) is 0 Å². The van der Waals surface area contributed by atoms with E-state index in [4.69, 9.17) is 27.9 Å². The highest BCUT2D eigenvalue weighted by molar-refractivity contribution is 6.37. The molecule has 162 valence electrons. The Morgan fingerprint density at radius 3 is 1.94 bits per heavy atom. The van der Waals surface area contributed by atoms with Gasteiger partial charge in [0.25, 0.3) is 5.69 Å². The average Bonchev–Trinajstić information content (AvgIpc) is 2.73. The zero-order chi connectivity index (χ0) is 23.3. The maximum atomic E-state index is 11.8. The molecule has 0 saturated carbocycles. The smallest absolute Gasteiger partial charge is 0.345 e. The highest BCUT2D eigenvalue weighted by Gasteiger charge is 2.24. The van der Waals surface area contributed by atoms with Crippen molar-refractivity contribution < 1.29 is 33.6 Å². The van der Waals surface area contributed by atoms with Gasteiger partial charge in [0.2, 0.25) is 5.75 Å². The summed E-state index contributed by atoms with van der Waals surface area (Å²) in [5.41, 5.74) is -1.41. The number of carbonyl (C=O) groups excluding carboxylic acids is 2. The number of hydrogen-bond acceptors (Lipinski definition) is 9. The number of esters is 2. The molecule has 0 aliphatic heterocycles. The van der Waals surface area contributed by atoms with Gasteiger partial charge in [0, 0.05) is 6.07 Å². The van der Waals surface area contributed by atoms with Crippen LogP contribution in [0.4, 0.5) is 11.4 Å². The summed E-state index contributed by atoms with van der Waals surface area (Å²) in [5.74, 6) is -2.44. The molecule has 2 aromatic carbocycles. The van der Waals surface area contributed by atoms with E-state index in [2.05, 4.69) is 9.47 Å². The lowest BCUT2D eigenvalue weighted by molar-refractivity contribution is -0.394. The summed E-state index contributed by atoms with van der Waals surface area (Å²) >= 11 is 12.3. The van der Waals surface area contributed by atoms with Gasteiger partial charge in [0.15, 0.2) is 5.75 Å². The third-order valence-corrected chi connectivity index (χ3v) is 4.27. The number of carbonyl (C=O) groups is 2. The van der Waals surface area contributed by atoms with Gasteiger partial charge in [0.1, 0.15) is 5.57 Å². The minimum Gasteiger partial charge on any atom is -0.465 e. The molecule has 0 aromatic heterocycles. The van der Waals surface area contributed by atoms with Crippen LogP contribution in [0.15, 0.2) is 35.9 Å². The van der Waals surface area contributed by atoms with Crippen LogP contribution in [-0.4, -0.2) is 36.0 Å². The van der Waals surface area contributed by atoms with Crippen molar-refractivity contribution in [1.82, 2.24) is 0 Å². The largest absolute Gasteiger partial charge is 0.465 e. The first-order valence-corrected chi connectivity index (χ1v) is 8.82. The van der Waals surface area contributed by atoms with Crippen molar-refractivity contribution in [3.8, 4) is 11.5 Å². The van der Waals surface area contributed by atoms with Crippen LogP contribution in [0, 0.1) is 20.2 Å². The minimum absolute atomic E-state index is 0.125. The summed E-state index contributed by atoms with van der Waals surface area (Å²) in [4.78, 5) is 44.0. The predicted octanol–water partition coefficient (Wildman–Crippen LogP) is 4.33. The van der Waals surface area contributed by atoms with Crippen LogP contribution in [0.3, 0.4) is 0 Å². The van der Waals surface area contributed by atoms with E-state index in [-0.39, 0.29) is 27.1 Å². The number of methoxy groups -OCH3 is 2. The van der Waals surface area contributed by atoms with Gasteiger partial charge >= 0.3 is 17.6 Å². The van der Waals surface area contributed by atoms with Gasteiger partial charge in [-0.2, -0.15) is 0 Å². The first kappa shape index (κ1) is 23.6. The van der Waals surface area contributed by atoms with Crippen LogP contribution in [0.25, 0.3) is 6.08 Å². The predicted molar refractivity (Wildman–Crippen MR) is 108 cm³/mol. The van der Waals surface area contributed by atoms with E-state index >= 15 is 0 Å². The summed E-state index contributed by atoms with van der Waals surface area (Å²) in [7, 11) is 2.15. The molecule has 31 heavy (non-hydrogen) atoms. The summed E-state index contributed by atoms with van der Waals surface area (Å²) < 4.78 is 14.5. The standard InChI is InChI=1S/C18H12Cl2N2O9/c1-29-17(23)11(18(24)30-2)5-9-6-12(19)16(13(20)7-9)31-15-4-3-10(21(25)26)8-14(15)22(27)28/h3-8H,1-2H3. The van der Waals surface area contributed by atoms with Gasteiger partial charge < -0.3 is 14.2 Å². The van der Waals surface area contributed by atoms with Gasteiger partial charge in [-0.05, 0) is 29.8 Å². The molecule has 2 aromatic rings. The van der Waals surface area contributed by atoms with Crippen molar-refractivity contribution in [3.05, 3.63) is 71.7 Å². The number of nitro benzene ring substituents is 2. The van der Waals surface area contributed by atoms with Crippen LogP contribution in [-0.2, 0) is 19.1 Å². The Morgan fingerprint density at radius 2 is 1.48 bits per heavy atom. The third-order valence-electron chi connectivity index (χ3n) is 3.70. The summed E-state index contributed by atoms with van der Waals surface area (Å²) in [6, 6.07) is 5.31. The zero-order valence-corrected chi connectivity index (χ0v) is 17.3. The molecule has 0 N–H and O–H groups in total. The van der Waals surface area contributed by atoms with Gasteiger partial charge in [-0.15, -0.1) is 0 Å². The lowest BCUT2D eigenvalue weighted by Gasteiger charge is -2.11. The molecule has 0 fully saturated rings. The lowest BCUT2D eigenvalue weighted by Crippen LogP contribution is -2.15. The summed E-state index contributed by atoms with van der Waals surface area (Å²) in [5, 5.41) is 21.9. The Kier molecular flexibility index (Phi) is 7.51. The maximum absolute atomic E-state index is 11.8. The van der Waals surface area contributed by atoms with E-state index < -0.39 is 38.7 Å². The fraction of sp³-hybridized carbons (Fsp3) is 0.111. The lowest BCUT2D eigenvalue weighted by atomic mass is 10.1. The second-order valence-corrected chi connectivity index (χ2v) is 6.44. The van der Waals surface area contributed by atoms with Crippen LogP contribution >= 0.6 is 23.2 Å². The SMILES string of the molecule is COC(=O)C(=Cc1cc(Cl)c(Oc2ccc([N+](=O)[O-])cc2[N+](=O)[O-])c(Cl)c1)C(=O)OC. The topological polar surface area (TPSA) is 148 Å². The van der Waals surface area contributed by atoms with Crippen LogP contribution in [0.2, 0.25) is 10.0 Å². The number of nitro groups is 2. The molecule has 0 radical (unpaired) electrons. The molecule has 0 atom stereocenters. The maximum Gasteiger partial charge on any atom is 0.345 e. The number of halogens is 2. The van der Waals surface area contributed by atoms with E-state index in [1.807, 2.05) is 0 Å². The van der Waals surface area contributed by atoms with E-state index in [0.717, 1.165) is 38.5 Å². The van der Waals surface area contributed by atoms with Gasteiger partial charge in [-0.25, -0.2) is 9.59 Å². The molecule has 0 bridgehead atoms. The van der Waals surface area contributed by atoms with E-state index in [1.165, 1.54) is 12.1 Å². The molecule has 0 unspecified atom stereocenters. The Morgan fingerprint density at radius 1 is 0.935 bits per heavy atom. The summed E-state index contributed by atoms with van der Waals surface area (Å²) in [6.45, 7) is 0. The van der Waals surface area contributed by atoms with Crippen LogP contribution in [0.1, 0.15) is 5.56 Å². The fourth-order valence-electron chi connectivity index (χ4n) is 2.31. The Bertz CT molecular complexity index is 1070. The van der Waals surface area contributed by atoms with Crippen LogP contribution < -0.4 is 4.74 Å². The molecule has 0 saturated heterocycles. The molecule has 13 heteroatoms. The van der Waals surface area contributed by atoms with E-state index in [0.29, 0.717) is 0 Å². The number of hydrogen-bond donors (Lipinski definition) is 0. The van der Waals surface area contributed by atoms with E-state index in [1.54, 1.807) is 0 Å². The molecular weight excluding hydrogens is 459 g/mol. The number of benzene rings is 2. The monoisotopic (exact) mass is 470 g/mol. The van der Waals surface area contributed by atoms with Crippen LogP contribution in [0.5, 0.6) is 11.5 Å². The highest BCUT2D eigenvalue weighted by atomic mass is 35.5. The Balaban J connectivity index is 2.49. The molecule has 0 aliphatic rings. The van der Waals surface area contributed by atoms with Crippen molar-refractivity contribution in [2.45, 2.75) is 0 Å². The van der Waals surface area contributed by atoms with Crippen molar-refractivity contribution >= 4 is 52.6 Å². The highest BCUT2D eigenvalue weighted by Crippen LogP contribution is 2.41. The zero-order valence-electron chi connectivity index (χ0n) is 15.8. The molecule has 11 nitrogen and oxygen atoms in total. The average molecular weight is 471 g/mol.